The molecule has 28 heavy (non-hydrogen) atoms. The number of benzene rings is 2. The van der Waals surface area contributed by atoms with E-state index >= 15 is 0 Å². The molecule has 2 aromatic carbocycles. The van der Waals surface area contributed by atoms with Crippen LogP contribution in [0.1, 0.15) is 20.8 Å². The van der Waals surface area contributed by atoms with Crippen molar-refractivity contribution in [2.75, 3.05) is 31.1 Å². The van der Waals surface area contributed by atoms with Crippen LogP contribution in [0.2, 0.25) is 0 Å². The van der Waals surface area contributed by atoms with Gasteiger partial charge in [-0.1, -0.05) is 24.3 Å². The fourth-order valence-corrected chi connectivity index (χ4v) is 3.55. The van der Waals surface area contributed by atoms with Crippen LogP contribution in [0, 0.1) is 0 Å². The molecule has 0 unspecified atom stereocenters. The van der Waals surface area contributed by atoms with Gasteiger partial charge in [-0.25, -0.2) is 0 Å². The van der Waals surface area contributed by atoms with Gasteiger partial charge in [-0.3, -0.25) is 9.59 Å². The van der Waals surface area contributed by atoms with E-state index in [9.17, 15) is 9.59 Å². The SMILES string of the molecule is NC(=O)c1cccc(N2CCN(C(=O)c3cccn3-c3ccccc3)CC2)c1. The third kappa shape index (κ3) is 3.49. The van der Waals surface area contributed by atoms with Crippen LogP contribution in [0.4, 0.5) is 5.69 Å². The minimum absolute atomic E-state index is 0.0272. The summed E-state index contributed by atoms with van der Waals surface area (Å²) in [5, 5.41) is 0. The fraction of sp³-hybridized carbons (Fsp3) is 0.182. The Morgan fingerprint density at radius 3 is 2.21 bits per heavy atom. The Labute approximate surface area is 163 Å². The lowest BCUT2D eigenvalue weighted by Gasteiger charge is -2.36. The number of carbonyl (C=O) groups is 2. The number of rotatable bonds is 4. The monoisotopic (exact) mass is 374 g/mol. The summed E-state index contributed by atoms with van der Waals surface area (Å²) in [5.41, 5.74) is 8.46. The van der Waals surface area contributed by atoms with E-state index in [4.69, 9.17) is 5.73 Å². The Morgan fingerprint density at radius 1 is 0.786 bits per heavy atom. The number of hydrogen-bond donors (Lipinski definition) is 1. The third-order valence-electron chi connectivity index (χ3n) is 5.06. The summed E-state index contributed by atoms with van der Waals surface area (Å²) >= 11 is 0. The summed E-state index contributed by atoms with van der Waals surface area (Å²) in [5.74, 6) is -0.406. The minimum atomic E-state index is -0.433. The van der Waals surface area contributed by atoms with E-state index in [1.54, 1.807) is 12.1 Å². The van der Waals surface area contributed by atoms with Gasteiger partial charge in [0.1, 0.15) is 5.69 Å². The van der Waals surface area contributed by atoms with Crippen molar-refractivity contribution in [1.82, 2.24) is 9.47 Å². The summed E-state index contributed by atoms with van der Waals surface area (Å²) in [6.45, 7) is 2.67. The summed E-state index contributed by atoms with van der Waals surface area (Å²) in [6.07, 6.45) is 1.91. The summed E-state index contributed by atoms with van der Waals surface area (Å²) in [6, 6.07) is 20.9. The van der Waals surface area contributed by atoms with E-state index in [1.165, 1.54) is 0 Å². The first-order valence-electron chi connectivity index (χ1n) is 9.30. The molecule has 1 aliphatic heterocycles. The summed E-state index contributed by atoms with van der Waals surface area (Å²) < 4.78 is 1.92. The summed E-state index contributed by atoms with van der Waals surface area (Å²) in [7, 11) is 0. The molecular weight excluding hydrogens is 352 g/mol. The van der Waals surface area contributed by atoms with Gasteiger partial charge in [0.05, 0.1) is 0 Å². The van der Waals surface area contributed by atoms with Crippen molar-refractivity contribution in [1.29, 1.82) is 0 Å². The Balaban J connectivity index is 1.46. The van der Waals surface area contributed by atoms with Crippen LogP contribution in [0.3, 0.4) is 0 Å². The molecule has 6 heteroatoms. The molecule has 0 radical (unpaired) electrons. The van der Waals surface area contributed by atoms with E-state index in [2.05, 4.69) is 4.90 Å². The molecule has 0 atom stereocenters. The van der Waals surface area contributed by atoms with Crippen molar-refractivity contribution in [3.05, 3.63) is 84.2 Å². The average molecular weight is 374 g/mol. The van der Waals surface area contributed by atoms with E-state index < -0.39 is 5.91 Å². The van der Waals surface area contributed by atoms with Gasteiger partial charge in [-0.05, 0) is 42.5 Å². The first kappa shape index (κ1) is 17.9. The number of nitrogens with zero attached hydrogens (tertiary/aromatic N) is 3. The van der Waals surface area contributed by atoms with Crippen LogP contribution in [0.15, 0.2) is 72.9 Å². The van der Waals surface area contributed by atoms with Gasteiger partial charge in [0.2, 0.25) is 5.91 Å². The maximum Gasteiger partial charge on any atom is 0.270 e. The number of aromatic nitrogens is 1. The highest BCUT2D eigenvalue weighted by Crippen LogP contribution is 2.20. The lowest BCUT2D eigenvalue weighted by molar-refractivity contribution is 0.0738. The zero-order valence-electron chi connectivity index (χ0n) is 15.5. The van der Waals surface area contributed by atoms with Gasteiger partial charge in [0.15, 0.2) is 0 Å². The predicted octanol–water partition coefficient (Wildman–Crippen LogP) is 2.54. The first-order chi connectivity index (χ1) is 13.6. The average Bonchev–Trinajstić information content (AvgIpc) is 3.24. The number of anilines is 1. The number of amides is 2. The molecule has 0 aliphatic carbocycles. The maximum absolute atomic E-state index is 13.1. The number of nitrogens with two attached hydrogens (primary N) is 1. The van der Waals surface area contributed by atoms with Gasteiger partial charge < -0.3 is 20.1 Å². The number of carbonyl (C=O) groups excluding carboxylic acids is 2. The highest BCUT2D eigenvalue weighted by molar-refractivity contribution is 5.94. The molecule has 1 aromatic heterocycles. The van der Waals surface area contributed by atoms with Crippen LogP contribution in [0.25, 0.3) is 5.69 Å². The Kier molecular flexibility index (Phi) is 4.85. The van der Waals surface area contributed by atoms with Gasteiger partial charge in [-0.2, -0.15) is 0 Å². The molecule has 2 N–H and O–H groups in total. The van der Waals surface area contributed by atoms with E-state index in [0.29, 0.717) is 37.4 Å². The third-order valence-corrected chi connectivity index (χ3v) is 5.06. The lowest BCUT2D eigenvalue weighted by Crippen LogP contribution is -2.49. The van der Waals surface area contributed by atoms with Crippen LogP contribution in [-0.4, -0.2) is 47.5 Å². The Bertz CT molecular complexity index is 989. The smallest absolute Gasteiger partial charge is 0.270 e. The van der Waals surface area contributed by atoms with Crippen LogP contribution in [-0.2, 0) is 0 Å². The fourth-order valence-electron chi connectivity index (χ4n) is 3.55. The molecule has 0 bridgehead atoms. The molecule has 2 amide bonds. The van der Waals surface area contributed by atoms with Crippen molar-refractivity contribution in [3.63, 3.8) is 0 Å². The molecule has 0 spiro atoms. The second kappa shape index (κ2) is 7.60. The summed E-state index contributed by atoms with van der Waals surface area (Å²) in [4.78, 5) is 28.5. The number of primary amides is 1. The molecule has 6 nitrogen and oxygen atoms in total. The van der Waals surface area contributed by atoms with Gasteiger partial charge >= 0.3 is 0 Å². The topological polar surface area (TPSA) is 71.6 Å². The molecule has 3 aromatic rings. The second-order valence-corrected chi connectivity index (χ2v) is 6.79. The van der Waals surface area contributed by atoms with Crippen LogP contribution >= 0.6 is 0 Å². The quantitative estimate of drug-likeness (QED) is 0.763. The maximum atomic E-state index is 13.1. The van der Waals surface area contributed by atoms with Gasteiger partial charge in [-0.15, -0.1) is 0 Å². The number of para-hydroxylation sites is 1. The van der Waals surface area contributed by atoms with Crippen LogP contribution < -0.4 is 10.6 Å². The van der Waals surface area contributed by atoms with Crippen molar-refractivity contribution < 1.29 is 9.59 Å². The highest BCUT2D eigenvalue weighted by atomic mass is 16.2. The van der Waals surface area contributed by atoms with Crippen molar-refractivity contribution >= 4 is 17.5 Å². The molecule has 1 saturated heterocycles. The molecular formula is C22H22N4O2. The standard InChI is InChI=1S/C22H22N4O2/c23-21(27)17-6-4-9-19(16-17)24-12-14-25(15-13-24)22(28)20-10-5-11-26(20)18-7-2-1-3-8-18/h1-11,16H,12-15H2,(H2,23,27). The Morgan fingerprint density at radius 2 is 1.50 bits per heavy atom. The number of hydrogen-bond acceptors (Lipinski definition) is 3. The first-order valence-corrected chi connectivity index (χ1v) is 9.30. The zero-order chi connectivity index (χ0) is 19.5. The number of piperazine rings is 1. The van der Waals surface area contributed by atoms with E-state index in [1.807, 2.05) is 70.3 Å². The normalized spacial score (nSPS) is 14.1. The van der Waals surface area contributed by atoms with Crippen molar-refractivity contribution in [3.8, 4) is 5.69 Å². The highest BCUT2D eigenvalue weighted by Gasteiger charge is 2.24. The van der Waals surface area contributed by atoms with E-state index in [0.717, 1.165) is 11.4 Å². The van der Waals surface area contributed by atoms with Crippen molar-refractivity contribution in [2.24, 2.45) is 5.73 Å². The molecule has 4 rings (SSSR count). The van der Waals surface area contributed by atoms with Crippen molar-refractivity contribution in [2.45, 2.75) is 0 Å². The molecule has 1 aliphatic rings. The van der Waals surface area contributed by atoms with Gasteiger partial charge in [0.25, 0.3) is 5.91 Å². The lowest BCUT2D eigenvalue weighted by atomic mass is 10.1. The van der Waals surface area contributed by atoms with Crippen LogP contribution in [0.5, 0.6) is 0 Å². The minimum Gasteiger partial charge on any atom is -0.368 e. The largest absolute Gasteiger partial charge is 0.368 e. The van der Waals surface area contributed by atoms with E-state index in [-0.39, 0.29) is 5.91 Å². The molecule has 1 fully saturated rings. The zero-order valence-corrected chi connectivity index (χ0v) is 15.5. The molecule has 2 heterocycles. The predicted molar refractivity (Wildman–Crippen MR) is 109 cm³/mol. The van der Waals surface area contributed by atoms with Gasteiger partial charge in [0, 0.05) is 49.3 Å². The Hall–Kier alpha value is -3.54. The second-order valence-electron chi connectivity index (χ2n) is 6.79. The molecule has 142 valence electrons. The molecule has 0 saturated carbocycles.